The van der Waals surface area contributed by atoms with E-state index < -0.39 is 40.7 Å². The van der Waals surface area contributed by atoms with Gasteiger partial charge in [-0.15, -0.1) is 0 Å². The summed E-state index contributed by atoms with van der Waals surface area (Å²) in [5.74, 6) is -0.206. The number of nitrogens with one attached hydrogen (secondary N) is 2. The molecule has 0 bridgehead atoms. The van der Waals surface area contributed by atoms with Crippen LogP contribution in [0.3, 0.4) is 0 Å². The predicted molar refractivity (Wildman–Crippen MR) is 139 cm³/mol. The lowest BCUT2D eigenvalue weighted by atomic mass is 10.1. The number of anilines is 2. The molecule has 4 N–H and O–H groups in total. The summed E-state index contributed by atoms with van der Waals surface area (Å²) in [6.45, 7) is 2.22. The van der Waals surface area contributed by atoms with Gasteiger partial charge in [0.25, 0.3) is 0 Å². The Balaban J connectivity index is 2.49. The summed E-state index contributed by atoms with van der Waals surface area (Å²) >= 11 is 0. The molecule has 198 valence electrons. The Morgan fingerprint density at radius 2 is 1.18 bits per heavy atom. The second-order valence-corrected chi connectivity index (χ2v) is 13.9. The fourth-order valence-electron chi connectivity index (χ4n) is 3.67. The fourth-order valence-corrected chi connectivity index (χ4v) is 6.24. The Kier molecular flexibility index (Phi) is 13.4. The van der Waals surface area contributed by atoms with Crippen LogP contribution < -0.4 is 14.6 Å². The lowest BCUT2D eigenvalue weighted by Crippen LogP contribution is -2.22. The highest BCUT2D eigenvalue weighted by Gasteiger charge is 2.23. The fraction of sp³-hybridized carbons (Fsp3) is 0.727. The van der Waals surface area contributed by atoms with E-state index in [-0.39, 0.29) is 11.4 Å². The lowest BCUT2D eigenvalue weighted by Gasteiger charge is -2.16. The highest BCUT2D eigenvalue weighted by molar-refractivity contribution is 7.93. The number of hydrogen-bond donors (Lipinski definition) is 3. The number of unbranched alkanes of at least 4 members (excludes halogenated alkanes) is 12. The van der Waals surface area contributed by atoms with Gasteiger partial charge < -0.3 is 0 Å². The van der Waals surface area contributed by atoms with Crippen LogP contribution in [-0.2, 0) is 30.1 Å². The average Bonchev–Trinajstić information content (AvgIpc) is 2.70. The molecule has 0 saturated carbocycles. The molecular formula is C22H41N3O6S3. The van der Waals surface area contributed by atoms with E-state index >= 15 is 0 Å². The molecular weight excluding hydrogens is 498 g/mol. The summed E-state index contributed by atoms with van der Waals surface area (Å²) in [4.78, 5) is -0.505. The zero-order valence-corrected chi connectivity index (χ0v) is 22.8. The molecule has 0 aliphatic heterocycles. The molecule has 0 atom stereocenters. The minimum atomic E-state index is -4.29. The highest BCUT2D eigenvalue weighted by Crippen LogP contribution is 2.31. The third kappa shape index (κ3) is 13.5. The Hall–Kier alpha value is -1.37. The lowest BCUT2D eigenvalue weighted by molar-refractivity contribution is 0.541. The van der Waals surface area contributed by atoms with E-state index in [1.165, 1.54) is 63.5 Å². The van der Waals surface area contributed by atoms with Gasteiger partial charge in [0.15, 0.2) is 0 Å². The van der Waals surface area contributed by atoms with Crippen LogP contribution in [0, 0.1) is 0 Å². The Morgan fingerprint density at radius 1 is 0.706 bits per heavy atom. The predicted octanol–water partition coefficient (Wildman–Crippen LogP) is 4.54. The third-order valence-corrected chi connectivity index (χ3v) is 8.29. The van der Waals surface area contributed by atoms with E-state index in [0.717, 1.165) is 38.0 Å². The molecule has 0 saturated heterocycles. The number of rotatable bonds is 19. The van der Waals surface area contributed by atoms with E-state index in [4.69, 9.17) is 5.14 Å². The Morgan fingerprint density at radius 3 is 1.62 bits per heavy atom. The minimum Gasteiger partial charge on any atom is -0.282 e. The molecule has 1 aromatic rings. The first-order chi connectivity index (χ1) is 15.9. The third-order valence-electron chi connectivity index (χ3n) is 5.40. The van der Waals surface area contributed by atoms with Gasteiger partial charge in [-0.1, -0.05) is 90.0 Å². The smallest absolute Gasteiger partial charge is 0.240 e. The summed E-state index contributed by atoms with van der Waals surface area (Å²) in [5.41, 5.74) is -0.604. The maximum atomic E-state index is 12.6. The monoisotopic (exact) mass is 539 g/mol. The highest BCUT2D eigenvalue weighted by atomic mass is 32.2. The van der Waals surface area contributed by atoms with Crippen molar-refractivity contribution in [2.75, 3.05) is 21.5 Å². The van der Waals surface area contributed by atoms with Crippen molar-refractivity contribution in [1.82, 2.24) is 0 Å². The molecule has 9 nitrogen and oxygen atoms in total. The molecule has 0 aliphatic carbocycles. The molecule has 1 rings (SSSR count). The quantitative estimate of drug-likeness (QED) is 0.219. The van der Waals surface area contributed by atoms with Crippen molar-refractivity contribution in [3.8, 4) is 0 Å². The van der Waals surface area contributed by atoms with Gasteiger partial charge in [-0.2, -0.15) is 0 Å². The molecule has 1 aromatic carbocycles. The zero-order chi connectivity index (χ0) is 25.7. The van der Waals surface area contributed by atoms with Crippen molar-refractivity contribution in [1.29, 1.82) is 0 Å². The van der Waals surface area contributed by atoms with Gasteiger partial charge in [-0.05, 0) is 18.6 Å². The van der Waals surface area contributed by atoms with E-state index in [0.29, 0.717) is 6.42 Å². The second-order valence-electron chi connectivity index (χ2n) is 8.76. The largest absolute Gasteiger partial charge is 0.282 e. The van der Waals surface area contributed by atoms with Crippen LogP contribution in [0.1, 0.15) is 90.4 Å². The maximum Gasteiger partial charge on any atom is 0.240 e. The molecule has 0 radical (unpaired) electrons. The van der Waals surface area contributed by atoms with Crippen LogP contribution in [0.15, 0.2) is 23.1 Å². The molecule has 12 heteroatoms. The van der Waals surface area contributed by atoms with Crippen LogP contribution in [-0.4, -0.2) is 37.3 Å². The molecule has 0 amide bonds. The van der Waals surface area contributed by atoms with Crippen molar-refractivity contribution in [2.45, 2.75) is 95.3 Å². The molecule has 0 aromatic heterocycles. The van der Waals surface area contributed by atoms with Crippen LogP contribution >= 0.6 is 0 Å². The van der Waals surface area contributed by atoms with Gasteiger partial charge in [-0.25, -0.2) is 30.4 Å². The Labute approximate surface area is 206 Å². The molecule has 0 fully saturated rings. The summed E-state index contributed by atoms with van der Waals surface area (Å²) < 4.78 is 76.5. The number of sulfonamides is 3. The van der Waals surface area contributed by atoms with E-state index in [1.807, 2.05) is 0 Å². The van der Waals surface area contributed by atoms with Gasteiger partial charge in [0.2, 0.25) is 30.1 Å². The number of nitrogens with two attached hydrogens (primary N) is 1. The summed E-state index contributed by atoms with van der Waals surface area (Å²) in [7, 11) is -12.0. The van der Waals surface area contributed by atoms with Gasteiger partial charge >= 0.3 is 0 Å². The van der Waals surface area contributed by atoms with Crippen molar-refractivity contribution >= 4 is 41.4 Å². The van der Waals surface area contributed by atoms with Crippen LogP contribution in [0.4, 0.5) is 11.4 Å². The normalized spacial score (nSPS) is 12.6. The Bertz CT molecular complexity index is 1060. The topological polar surface area (TPSA) is 152 Å². The number of para-hydroxylation sites is 1. The van der Waals surface area contributed by atoms with Crippen molar-refractivity contribution < 1.29 is 25.3 Å². The molecule has 0 unspecified atom stereocenters. The first kappa shape index (κ1) is 30.7. The first-order valence-electron chi connectivity index (χ1n) is 12.0. The van der Waals surface area contributed by atoms with Gasteiger partial charge in [-0.3, -0.25) is 9.44 Å². The van der Waals surface area contributed by atoms with Crippen LogP contribution in [0.5, 0.6) is 0 Å². The number of hydrogen-bond acceptors (Lipinski definition) is 6. The zero-order valence-electron chi connectivity index (χ0n) is 20.4. The molecule has 0 heterocycles. The van der Waals surface area contributed by atoms with Crippen molar-refractivity contribution in [2.24, 2.45) is 5.14 Å². The second kappa shape index (κ2) is 14.9. The molecule has 34 heavy (non-hydrogen) atoms. The summed E-state index contributed by atoms with van der Waals surface area (Å²) in [6.07, 6.45) is 15.4. The SMILES string of the molecule is CCCCCCCCCCCCCCCS(=O)(=O)Nc1c(NS(C)(=O)=O)cccc1S(N)(=O)=O. The average molecular weight is 540 g/mol. The van der Waals surface area contributed by atoms with Gasteiger partial charge in [0.05, 0.1) is 23.4 Å². The van der Waals surface area contributed by atoms with Crippen LogP contribution in [0.2, 0.25) is 0 Å². The first-order valence-corrected chi connectivity index (χ1v) is 17.1. The maximum absolute atomic E-state index is 12.6. The minimum absolute atomic E-state index is 0.206. The summed E-state index contributed by atoms with van der Waals surface area (Å²) in [6, 6.07) is 3.65. The van der Waals surface area contributed by atoms with Gasteiger partial charge in [0.1, 0.15) is 4.90 Å². The van der Waals surface area contributed by atoms with Crippen molar-refractivity contribution in [3.05, 3.63) is 18.2 Å². The van der Waals surface area contributed by atoms with Crippen LogP contribution in [0.25, 0.3) is 0 Å². The van der Waals surface area contributed by atoms with E-state index in [2.05, 4.69) is 16.4 Å². The van der Waals surface area contributed by atoms with Gasteiger partial charge in [0, 0.05) is 0 Å². The van der Waals surface area contributed by atoms with Crippen molar-refractivity contribution in [3.63, 3.8) is 0 Å². The molecule has 0 aliphatic rings. The standard InChI is InChI=1S/C22H41N3O6S3/c1-3-4-5-6-7-8-9-10-11-12-13-14-15-19-33(28,29)25-22-20(24-32(2,26)27)17-16-18-21(22)34(23,30)31/h16-18,24-25H,3-15,19H2,1-2H3,(H2,23,30,31). The summed E-state index contributed by atoms with van der Waals surface area (Å²) in [5, 5.41) is 5.19. The number of benzene rings is 1. The van der Waals surface area contributed by atoms with E-state index in [1.54, 1.807) is 0 Å². The molecule has 0 spiro atoms. The number of primary sulfonamides is 1. The van der Waals surface area contributed by atoms with E-state index in [9.17, 15) is 25.3 Å².